The third kappa shape index (κ3) is 5.11. The Bertz CT molecular complexity index is 2580. The normalized spacial score (nSPS) is 24.0. The monoisotopic (exact) mass is 733 g/mol. The lowest BCUT2D eigenvalue weighted by atomic mass is 9.42. The van der Waals surface area contributed by atoms with Crippen LogP contribution in [0.5, 0.6) is 0 Å². The molecule has 0 radical (unpaired) electrons. The molecule has 0 unspecified atom stereocenters. The molecule has 6 heteroatoms. The van der Waals surface area contributed by atoms with E-state index < -0.39 is 9.84 Å². The van der Waals surface area contributed by atoms with Crippen LogP contribution in [0, 0.1) is 23.7 Å². The van der Waals surface area contributed by atoms with Crippen molar-refractivity contribution in [1.29, 1.82) is 0 Å². The zero-order valence-corrected chi connectivity index (χ0v) is 31.2. The maximum atomic E-state index is 14.7. The van der Waals surface area contributed by atoms with Crippen molar-refractivity contribution in [2.45, 2.75) is 47.3 Å². The summed E-state index contributed by atoms with van der Waals surface area (Å²) in [5, 5.41) is 0. The van der Waals surface area contributed by atoms with Crippen molar-refractivity contribution in [3.8, 4) is 56.4 Å². The van der Waals surface area contributed by atoms with Crippen LogP contribution in [0.1, 0.15) is 43.2 Å². The molecule has 1 spiro atoms. The maximum Gasteiger partial charge on any atom is 0.207 e. The van der Waals surface area contributed by atoms with Crippen molar-refractivity contribution in [3.05, 3.63) is 163 Å². The minimum Gasteiger partial charge on any atom is -0.218 e. The molecule has 1 aliphatic heterocycles. The third-order valence-corrected chi connectivity index (χ3v) is 15.0. The fourth-order valence-electron chi connectivity index (χ4n) is 11.0. The highest BCUT2D eigenvalue weighted by Gasteiger charge is 2.62. The molecule has 0 amide bonds. The molecule has 1 aromatic heterocycles. The zero-order valence-electron chi connectivity index (χ0n) is 30.3. The summed E-state index contributed by atoms with van der Waals surface area (Å²) in [6.07, 6.45) is 6.04. The molecule has 5 nitrogen and oxygen atoms in total. The molecule has 4 bridgehead atoms. The molecule has 6 aromatic carbocycles. The highest BCUT2D eigenvalue weighted by Crippen LogP contribution is 2.68. The first-order valence-corrected chi connectivity index (χ1v) is 21.0. The van der Waals surface area contributed by atoms with Crippen molar-refractivity contribution in [2.24, 2.45) is 23.7 Å². The Balaban J connectivity index is 1.07. The largest absolute Gasteiger partial charge is 0.218 e. The summed E-state index contributed by atoms with van der Waals surface area (Å²) in [6, 6.07) is 51.1. The van der Waals surface area contributed by atoms with Gasteiger partial charge in [-0.15, -0.1) is 0 Å². The lowest BCUT2D eigenvalue weighted by Gasteiger charge is -2.63. The molecule has 268 valence electrons. The van der Waals surface area contributed by atoms with E-state index in [-0.39, 0.29) is 5.41 Å². The Kier molecular flexibility index (Phi) is 7.37. The Hall–Kier alpha value is -5.72. The van der Waals surface area contributed by atoms with E-state index in [2.05, 4.69) is 66.7 Å². The van der Waals surface area contributed by atoms with Gasteiger partial charge in [-0.2, -0.15) is 0 Å². The smallest absolute Gasteiger partial charge is 0.207 e. The zero-order chi connectivity index (χ0) is 36.7. The summed E-state index contributed by atoms with van der Waals surface area (Å²) >= 11 is 0. The molecule has 0 saturated heterocycles. The van der Waals surface area contributed by atoms with E-state index in [1.165, 1.54) is 32.1 Å². The Morgan fingerprint density at radius 1 is 0.400 bits per heavy atom. The first kappa shape index (κ1) is 32.7. The van der Waals surface area contributed by atoms with Crippen LogP contribution in [0.25, 0.3) is 56.4 Å². The van der Waals surface area contributed by atoms with E-state index in [0.717, 1.165) is 56.3 Å². The van der Waals surface area contributed by atoms with E-state index in [1.54, 1.807) is 0 Å². The van der Waals surface area contributed by atoms with Crippen LogP contribution in [0.3, 0.4) is 0 Å². The quantitative estimate of drug-likeness (QED) is 0.176. The molecule has 4 fully saturated rings. The predicted octanol–water partition coefficient (Wildman–Crippen LogP) is 11.1. The number of hydrogen-bond acceptors (Lipinski definition) is 5. The van der Waals surface area contributed by atoms with Crippen LogP contribution in [-0.2, 0) is 15.3 Å². The lowest BCUT2D eigenvalue weighted by molar-refractivity contribution is -0.0446. The second-order valence-corrected chi connectivity index (χ2v) is 18.0. The summed E-state index contributed by atoms with van der Waals surface area (Å²) in [4.78, 5) is 16.1. The molecule has 7 aromatic rings. The molecule has 0 N–H and O–H groups in total. The van der Waals surface area contributed by atoms with Gasteiger partial charge in [-0.05, 0) is 101 Å². The minimum atomic E-state index is -3.80. The fourth-order valence-corrected chi connectivity index (χ4v) is 12.8. The first-order chi connectivity index (χ1) is 26.9. The molecule has 4 saturated carbocycles. The predicted molar refractivity (Wildman–Crippen MR) is 217 cm³/mol. The molecule has 5 aliphatic rings. The van der Waals surface area contributed by atoms with E-state index in [9.17, 15) is 8.42 Å². The van der Waals surface area contributed by atoms with Crippen molar-refractivity contribution < 1.29 is 8.42 Å². The van der Waals surface area contributed by atoms with Crippen molar-refractivity contribution in [1.82, 2.24) is 15.0 Å². The number of hydrogen-bond donors (Lipinski definition) is 0. The molecule has 2 heterocycles. The summed E-state index contributed by atoms with van der Waals surface area (Å²) in [5.74, 6) is 3.93. The number of aromatic nitrogens is 3. The number of benzene rings is 6. The van der Waals surface area contributed by atoms with Gasteiger partial charge >= 0.3 is 0 Å². The Morgan fingerprint density at radius 2 is 0.800 bits per heavy atom. The molecule has 4 aliphatic carbocycles. The molecule has 0 atom stereocenters. The summed E-state index contributed by atoms with van der Waals surface area (Å²) in [5.41, 5.74) is 8.58. The SMILES string of the molecule is O=S1(=O)c2ccccc2C2(c3ccc(-c4nc(-c5ccc(-c6ccccc6)cc5)nc(-c5ccc(-c6ccccc6)cc5)n4)cc31)C1CC3CC(C1)CC2C3. The number of sulfone groups is 1. The van der Waals surface area contributed by atoms with Gasteiger partial charge in [0, 0.05) is 22.1 Å². The number of rotatable bonds is 5. The van der Waals surface area contributed by atoms with Gasteiger partial charge in [-0.25, -0.2) is 23.4 Å². The third-order valence-electron chi connectivity index (χ3n) is 13.2. The van der Waals surface area contributed by atoms with E-state index in [0.29, 0.717) is 44.7 Å². The molecular weight excluding hydrogens is 695 g/mol. The van der Waals surface area contributed by atoms with Gasteiger partial charge in [0.25, 0.3) is 0 Å². The van der Waals surface area contributed by atoms with Gasteiger partial charge in [-0.3, -0.25) is 0 Å². The molecular formula is C49H39N3O2S. The van der Waals surface area contributed by atoms with Gasteiger partial charge < -0.3 is 0 Å². The fraction of sp³-hybridized carbons (Fsp3) is 0.204. The topological polar surface area (TPSA) is 72.8 Å². The van der Waals surface area contributed by atoms with Crippen LogP contribution in [0.15, 0.2) is 161 Å². The Morgan fingerprint density at radius 3 is 1.33 bits per heavy atom. The standard InChI is InChI=1S/C49H39N3O2S/c53-55(54)44-14-8-7-13-42(44)49(40-26-31-25-32(28-40)29-41(49)27-31)43-24-23-39(30-45(43)55)48-51-46(37-19-15-35(16-20-37)33-9-3-1-4-10-33)50-47(52-48)38-21-17-36(18-22-38)34-11-5-2-6-12-34/h1-24,30-32,40-41H,25-29H2. The highest BCUT2D eigenvalue weighted by molar-refractivity contribution is 7.91. The van der Waals surface area contributed by atoms with E-state index in [1.807, 2.05) is 84.9 Å². The van der Waals surface area contributed by atoms with Crippen LogP contribution < -0.4 is 0 Å². The van der Waals surface area contributed by atoms with Crippen molar-refractivity contribution in [3.63, 3.8) is 0 Å². The average Bonchev–Trinajstić information content (AvgIpc) is 3.24. The minimum absolute atomic E-state index is 0.292. The van der Waals surface area contributed by atoms with Gasteiger partial charge in [0.15, 0.2) is 17.5 Å². The van der Waals surface area contributed by atoms with Gasteiger partial charge in [0.1, 0.15) is 0 Å². The summed E-state index contributed by atoms with van der Waals surface area (Å²) in [6.45, 7) is 0. The van der Waals surface area contributed by atoms with Crippen molar-refractivity contribution >= 4 is 9.84 Å². The van der Waals surface area contributed by atoms with Gasteiger partial charge in [0.2, 0.25) is 9.84 Å². The molecule has 55 heavy (non-hydrogen) atoms. The van der Waals surface area contributed by atoms with Crippen LogP contribution in [0.2, 0.25) is 0 Å². The number of nitrogens with zero attached hydrogens (tertiary/aromatic N) is 3. The molecule has 12 rings (SSSR count). The summed E-state index contributed by atoms with van der Waals surface area (Å²) in [7, 11) is -3.80. The maximum absolute atomic E-state index is 14.7. The van der Waals surface area contributed by atoms with Crippen LogP contribution >= 0.6 is 0 Å². The highest BCUT2D eigenvalue weighted by atomic mass is 32.2. The van der Waals surface area contributed by atoms with E-state index in [4.69, 9.17) is 15.0 Å². The van der Waals surface area contributed by atoms with Crippen molar-refractivity contribution in [2.75, 3.05) is 0 Å². The summed E-state index contributed by atoms with van der Waals surface area (Å²) < 4.78 is 29.4. The number of fused-ring (bicyclic) bond motifs is 2. The lowest BCUT2D eigenvalue weighted by Crippen LogP contribution is -2.57. The second-order valence-electron chi connectivity index (χ2n) is 16.1. The Labute approximate surface area is 322 Å². The van der Waals surface area contributed by atoms with E-state index >= 15 is 0 Å². The van der Waals surface area contributed by atoms with Crippen LogP contribution in [0.4, 0.5) is 0 Å². The average molecular weight is 734 g/mol. The first-order valence-electron chi connectivity index (χ1n) is 19.5. The second kappa shape index (κ2) is 12.4. The van der Waals surface area contributed by atoms with Crippen LogP contribution in [-0.4, -0.2) is 23.4 Å². The van der Waals surface area contributed by atoms with Gasteiger partial charge in [0.05, 0.1) is 9.79 Å². The van der Waals surface area contributed by atoms with Gasteiger partial charge in [-0.1, -0.05) is 140 Å².